The van der Waals surface area contributed by atoms with E-state index in [-0.39, 0.29) is 36.8 Å². The number of nitrogens with one attached hydrogen (secondary N) is 1. The van der Waals surface area contributed by atoms with Gasteiger partial charge in [-0.3, -0.25) is 9.69 Å². The van der Waals surface area contributed by atoms with Crippen molar-refractivity contribution in [3.63, 3.8) is 0 Å². The van der Waals surface area contributed by atoms with Gasteiger partial charge in [0.1, 0.15) is 6.04 Å². The summed E-state index contributed by atoms with van der Waals surface area (Å²) in [6.07, 6.45) is 3.73. The van der Waals surface area contributed by atoms with Crippen LogP contribution in [0, 0.1) is 5.92 Å². The fourth-order valence-corrected chi connectivity index (χ4v) is 2.49. The number of hydrogen-bond donors (Lipinski definition) is 1. The first-order chi connectivity index (χ1) is 7.33. The zero-order valence-corrected chi connectivity index (χ0v) is 11.8. The molecule has 0 amide bonds. The van der Waals surface area contributed by atoms with E-state index in [1.54, 1.807) is 0 Å². The molecular formula is C11H22Cl2N2O2. The fourth-order valence-electron chi connectivity index (χ4n) is 2.49. The normalized spacial score (nSPS) is 22.6. The standard InChI is InChI=1S/C11H20N2O2.2ClH/c1-15-11(14)10(9-7-12-8-9)13-5-3-2-4-6-13;;/h9-10,12H,2-8H2,1H3;2*1H. The van der Waals surface area contributed by atoms with Crippen LogP contribution in [0.4, 0.5) is 0 Å². The van der Waals surface area contributed by atoms with Crippen molar-refractivity contribution in [2.75, 3.05) is 33.3 Å². The molecule has 2 aliphatic rings. The highest BCUT2D eigenvalue weighted by Crippen LogP contribution is 2.21. The maximum absolute atomic E-state index is 11.8. The largest absolute Gasteiger partial charge is 0.468 e. The summed E-state index contributed by atoms with van der Waals surface area (Å²) in [5.41, 5.74) is 0. The van der Waals surface area contributed by atoms with Crippen LogP contribution in [0.5, 0.6) is 0 Å². The van der Waals surface area contributed by atoms with Gasteiger partial charge in [0.25, 0.3) is 0 Å². The number of halogens is 2. The molecule has 4 nitrogen and oxygen atoms in total. The SMILES string of the molecule is COC(=O)C(C1CNC1)N1CCCCC1.Cl.Cl. The van der Waals surface area contributed by atoms with Gasteiger partial charge < -0.3 is 10.1 Å². The van der Waals surface area contributed by atoms with Crippen LogP contribution in [-0.4, -0.2) is 50.2 Å². The summed E-state index contributed by atoms with van der Waals surface area (Å²) in [5, 5.41) is 3.23. The monoisotopic (exact) mass is 284 g/mol. The number of ether oxygens (including phenoxy) is 1. The van der Waals surface area contributed by atoms with Crippen LogP contribution in [0.2, 0.25) is 0 Å². The van der Waals surface area contributed by atoms with Crippen LogP contribution in [0.3, 0.4) is 0 Å². The third-order valence-corrected chi connectivity index (χ3v) is 3.49. The quantitative estimate of drug-likeness (QED) is 0.788. The number of hydrogen-bond acceptors (Lipinski definition) is 4. The first-order valence-corrected chi connectivity index (χ1v) is 5.85. The van der Waals surface area contributed by atoms with Crippen molar-refractivity contribution in [2.45, 2.75) is 25.3 Å². The summed E-state index contributed by atoms with van der Waals surface area (Å²) >= 11 is 0. The molecule has 2 heterocycles. The van der Waals surface area contributed by atoms with Gasteiger partial charge in [0.15, 0.2) is 0 Å². The lowest BCUT2D eigenvalue weighted by atomic mass is 9.91. The van der Waals surface area contributed by atoms with E-state index in [2.05, 4.69) is 10.2 Å². The minimum Gasteiger partial charge on any atom is -0.468 e. The molecule has 102 valence electrons. The van der Waals surface area contributed by atoms with E-state index in [1.165, 1.54) is 26.4 Å². The van der Waals surface area contributed by atoms with Gasteiger partial charge in [-0.15, -0.1) is 24.8 Å². The zero-order chi connectivity index (χ0) is 10.7. The Bertz CT molecular complexity index is 232. The third-order valence-electron chi connectivity index (χ3n) is 3.49. The Labute approximate surface area is 115 Å². The first-order valence-electron chi connectivity index (χ1n) is 5.85. The number of methoxy groups -OCH3 is 1. The van der Waals surface area contributed by atoms with Crippen molar-refractivity contribution in [3.05, 3.63) is 0 Å². The highest BCUT2D eigenvalue weighted by molar-refractivity contribution is 5.85. The third kappa shape index (κ3) is 3.98. The first kappa shape index (κ1) is 17.0. The van der Waals surface area contributed by atoms with Gasteiger partial charge in [0, 0.05) is 19.0 Å². The molecule has 0 saturated carbocycles. The van der Waals surface area contributed by atoms with E-state index in [9.17, 15) is 4.79 Å². The lowest BCUT2D eigenvalue weighted by Gasteiger charge is -2.41. The predicted molar refractivity (Wildman–Crippen MR) is 72.1 cm³/mol. The van der Waals surface area contributed by atoms with Crippen LogP contribution in [0.15, 0.2) is 0 Å². The summed E-state index contributed by atoms with van der Waals surface area (Å²) in [6, 6.07) is -0.00319. The highest BCUT2D eigenvalue weighted by Gasteiger charge is 2.37. The second-order valence-electron chi connectivity index (χ2n) is 4.48. The van der Waals surface area contributed by atoms with Crippen molar-refractivity contribution in [2.24, 2.45) is 5.92 Å². The molecule has 2 fully saturated rings. The molecule has 0 aromatic heterocycles. The zero-order valence-electron chi connectivity index (χ0n) is 10.2. The molecule has 0 radical (unpaired) electrons. The minimum absolute atomic E-state index is 0. The van der Waals surface area contributed by atoms with Gasteiger partial charge >= 0.3 is 5.97 Å². The number of carbonyl (C=O) groups is 1. The van der Waals surface area contributed by atoms with Crippen LogP contribution in [-0.2, 0) is 9.53 Å². The number of likely N-dealkylation sites (tertiary alicyclic amines) is 1. The molecule has 0 aliphatic carbocycles. The van der Waals surface area contributed by atoms with E-state index in [0.29, 0.717) is 5.92 Å². The van der Waals surface area contributed by atoms with E-state index >= 15 is 0 Å². The average molecular weight is 285 g/mol. The van der Waals surface area contributed by atoms with Crippen molar-refractivity contribution in [1.82, 2.24) is 10.2 Å². The van der Waals surface area contributed by atoms with Gasteiger partial charge in [-0.2, -0.15) is 0 Å². The van der Waals surface area contributed by atoms with E-state index in [1.807, 2.05) is 0 Å². The average Bonchev–Trinajstić information content (AvgIpc) is 2.23. The van der Waals surface area contributed by atoms with Crippen LogP contribution >= 0.6 is 24.8 Å². The van der Waals surface area contributed by atoms with Crippen LogP contribution in [0.1, 0.15) is 19.3 Å². The predicted octanol–water partition coefficient (Wildman–Crippen LogP) is 1.08. The molecule has 0 spiro atoms. The number of esters is 1. The van der Waals surface area contributed by atoms with Crippen molar-refractivity contribution >= 4 is 30.8 Å². The molecule has 0 bridgehead atoms. The van der Waals surface area contributed by atoms with Crippen molar-refractivity contribution < 1.29 is 9.53 Å². The Balaban J connectivity index is 0.00000128. The molecule has 6 heteroatoms. The van der Waals surface area contributed by atoms with Crippen LogP contribution < -0.4 is 5.32 Å². The maximum Gasteiger partial charge on any atom is 0.323 e. The molecule has 2 rings (SSSR count). The van der Waals surface area contributed by atoms with Gasteiger partial charge in [-0.05, 0) is 25.9 Å². The Morgan fingerprint density at radius 2 is 1.82 bits per heavy atom. The van der Waals surface area contributed by atoms with Gasteiger partial charge in [-0.1, -0.05) is 6.42 Å². The number of piperidine rings is 1. The summed E-state index contributed by atoms with van der Waals surface area (Å²) in [6.45, 7) is 4.01. The summed E-state index contributed by atoms with van der Waals surface area (Å²) in [4.78, 5) is 14.1. The molecule has 1 atom stereocenters. The Morgan fingerprint density at radius 3 is 2.24 bits per heavy atom. The van der Waals surface area contributed by atoms with E-state index < -0.39 is 0 Å². The second kappa shape index (κ2) is 8.14. The highest BCUT2D eigenvalue weighted by atomic mass is 35.5. The van der Waals surface area contributed by atoms with Crippen molar-refractivity contribution in [1.29, 1.82) is 0 Å². The number of nitrogens with zero attached hydrogens (tertiary/aromatic N) is 1. The second-order valence-corrected chi connectivity index (χ2v) is 4.48. The van der Waals surface area contributed by atoms with E-state index in [0.717, 1.165) is 26.2 Å². The van der Waals surface area contributed by atoms with Crippen molar-refractivity contribution in [3.8, 4) is 0 Å². The fraction of sp³-hybridized carbons (Fsp3) is 0.909. The number of carbonyl (C=O) groups excluding carboxylic acids is 1. The Morgan fingerprint density at radius 1 is 1.24 bits per heavy atom. The number of rotatable bonds is 3. The topological polar surface area (TPSA) is 41.6 Å². The smallest absolute Gasteiger partial charge is 0.323 e. The molecule has 17 heavy (non-hydrogen) atoms. The van der Waals surface area contributed by atoms with Crippen LogP contribution in [0.25, 0.3) is 0 Å². The molecule has 1 unspecified atom stereocenters. The van der Waals surface area contributed by atoms with Gasteiger partial charge in [-0.25, -0.2) is 0 Å². The summed E-state index contributed by atoms with van der Waals surface area (Å²) in [5.74, 6) is 0.402. The summed E-state index contributed by atoms with van der Waals surface area (Å²) < 4.78 is 4.91. The van der Waals surface area contributed by atoms with E-state index in [4.69, 9.17) is 4.74 Å². The molecular weight excluding hydrogens is 263 g/mol. The molecule has 2 saturated heterocycles. The van der Waals surface area contributed by atoms with Gasteiger partial charge in [0.2, 0.25) is 0 Å². The van der Waals surface area contributed by atoms with Gasteiger partial charge in [0.05, 0.1) is 7.11 Å². The minimum atomic E-state index is -0.0524. The maximum atomic E-state index is 11.8. The Kier molecular flexibility index (Phi) is 8.12. The molecule has 0 aromatic rings. The molecule has 2 aliphatic heterocycles. The lowest BCUT2D eigenvalue weighted by Crippen LogP contribution is -2.58. The molecule has 0 aromatic carbocycles. The lowest BCUT2D eigenvalue weighted by molar-refractivity contribution is -0.150. The summed E-state index contributed by atoms with van der Waals surface area (Å²) in [7, 11) is 1.49. The molecule has 1 N–H and O–H groups in total. The Hall–Kier alpha value is -0.0300.